The van der Waals surface area contributed by atoms with E-state index in [-0.39, 0.29) is 24.1 Å². The van der Waals surface area contributed by atoms with E-state index >= 15 is 0 Å². The molecule has 1 aromatic carbocycles. The van der Waals surface area contributed by atoms with Gasteiger partial charge in [-0.15, -0.1) is 5.10 Å². The summed E-state index contributed by atoms with van der Waals surface area (Å²) in [6.45, 7) is 2.77. The highest BCUT2D eigenvalue weighted by Gasteiger charge is 2.20. The van der Waals surface area contributed by atoms with Gasteiger partial charge in [0.15, 0.2) is 17.9 Å². The van der Waals surface area contributed by atoms with Gasteiger partial charge in [0.1, 0.15) is 24.1 Å². The number of phenols is 1. The van der Waals surface area contributed by atoms with Gasteiger partial charge in [0.2, 0.25) is 0 Å². The van der Waals surface area contributed by atoms with Crippen molar-refractivity contribution in [3.05, 3.63) is 39.8 Å². The summed E-state index contributed by atoms with van der Waals surface area (Å²) in [4.78, 5) is 12.6. The smallest absolute Gasteiger partial charge is 0.350 e. The minimum absolute atomic E-state index is 0.0463. The second kappa shape index (κ2) is 7.68. The number of halogens is 1. The number of hydrogen-bond acceptors (Lipinski definition) is 6. The molecule has 0 spiro atoms. The number of phenolic OH excluding ortho intramolecular Hbond substituents is 1. The summed E-state index contributed by atoms with van der Waals surface area (Å²) in [5.74, 6) is -0.921. The van der Waals surface area contributed by atoms with Crippen LogP contribution in [0.3, 0.4) is 0 Å². The Morgan fingerprint density at radius 1 is 1.50 bits per heavy atom. The summed E-state index contributed by atoms with van der Waals surface area (Å²) < 4.78 is 27.7. The molecular formula is C17H19FN4O4. The lowest BCUT2D eigenvalue weighted by atomic mass is 10.2. The Morgan fingerprint density at radius 2 is 2.31 bits per heavy atom. The summed E-state index contributed by atoms with van der Waals surface area (Å²) in [6, 6.07) is 3.56. The first-order valence-corrected chi connectivity index (χ1v) is 8.40. The van der Waals surface area contributed by atoms with Crippen LogP contribution in [0.1, 0.15) is 37.6 Å². The lowest BCUT2D eigenvalue weighted by Gasteiger charge is -2.22. The van der Waals surface area contributed by atoms with Gasteiger partial charge < -0.3 is 14.6 Å². The van der Waals surface area contributed by atoms with Crippen LogP contribution in [0, 0.1) is 17.1 Å². The van der Waals surface area contributed by atoms with Crippen molar-refractivity contribution in [1.29, 1.82) is 5.26 Å². The molecule has 2 heterocycles. The fraction of sp³-hybridized carbons (Fsp3) is 0.471. The van der Waals surface area contributed by atoms with Crippen LogP contribution >= 0.6 is 0 Å². The third-order valence-electron chi connectivity index (χ3n) is 4.21. The summed E-state index contributed by atoms with van der Waals surface area (Å²) in [6.07, 6.45) is 2.44. The number of hydrogen-bond donors (Lipinski definition) is 1. The van der Waals surface area contributed by atoms with Gasteiger partial charge in [0, 0.05) is 19.2 Å². The van der Waals surface area contributed by atoms with E-state index in [1.807, 2.05) is 0 Å². The van der Waals surface area contributed by atoms with E-state index in [9.17, 15) is 14.3 Å². The van der Waals surface area contributed by atoms with Crippen LogP contribution in [0.15, 0.2) is 16.9 Å². The van der Waals surface area contributed by atoms with E-state index in [1.165, 1.54) is 4.57 Å². The fourth-order valence-electron chi connectivity index (χ4n) is 2.83. The molecule has 1 aliphatic heterocycles. The molecule has 1 unspecified atom stereocenters. The number of ether oxygens (including phenoxy) is 2. The van der Waals surface area contributed by atoms with Gasteiger partial charge in [0.25, 0.3) is 0 Å². The predicted octanol–water partition coefficient (Wildman–Crippen LogP) is 1.81. The molecular weight excluding hydrogens is 343 g/mol. The molecule has 0 saturated carbocycles. The van der Waals surface area contributed by atoms with Gasteiger partial charge in [-0.25, -0.2) is 9.18 Å². The molecule has 2 aromatic rings. The first-order valence-electron chi connectivity index (χ1n) is 8.40. The summed E-state index contributed by atoms with van der Waals surface area (Å²) in [5.41, 5.74) is -1.00. The molecule has 1 aliphatic rings. The van der Waals surface area contributed by atoms with E-state index in [1.54, 1.807) is 13.0 Å². The SMILES string of the molecule is CCn1c(COC2CCCCO2)nn(-c2cc(O)c(C#N)cc2F)c1=O. The second-order valence-corrected chi connectivity index (χ2v) is 5.89. The average molecular weight is 362 g/mol. The first-order chi connectivity index (χ1) is 12.5. The fourth-order valence-corrected chi connectivity index (χ4v) is 2.83. The average Bonchev–Trinajstić information content (AvgIpc) is 2.97. The maximum atomic E-state index is 14.3. The summed E-state index contributed by atoms with van der Waals surface area (Å²) in [7, 11) is 0. The topological polar surface area (TPSA) is 102 Å². The van der Waals surface area contributed by atoms with Crippen LogP contribution in [0.5, 0.6) is 5.75 Å². The molecule has 1 fully saturated rings. The molecule has 1 N–H and O–H groups in total. The normalized spacial score (nSPS) is 17.2. The Bertz CT molecular complexity index is 893. The highest BCUT2D eigenvalue weighted by Crippen LogP contribution is 2.23. The molecule has 1 saturated heterocycles. The van der Waals surface area contributed by atoms with E-state index in [2.05, 4.69) is 5.10 Å². The van der Waals surface area contributed by atoms with E-state index in [0.717, 1.165) is 36.1 Å². The van der Waals surface area contributed by atoms with Crippen LogP contribution in [0.25, 0.3) is 5.69 Å². The summed E-state index contributed by atoms with van der Waals surface area (Å²) >= 11 is 0. The number of aromatic hydroxyl groups is 1. The predicted molar refractivity (Wildman–Crippen MR) is 88.2 cm³/mol. The third kappa shape index (κ3) is 3.47. The lowest BCUT2D eigenvalue weighted by Crippen LogP contribution is -2.25. The third-order valence-corrected chi connectivity index (χ3v) is 4.21. The van der Waals surface area contributed by atoms with Crippen molar-refractivity contribution in [3.8, 4) is 17.5 Å². The largest absolute Gasteiger partial charge is 0.506 e. The molecule has 0 bridgehead atoms. The molecule has 1 aromatic heterocycles. The van der Waals surface area contributed by atoms with Crippen molar-refractivity contribution >= 4 is 0 Å². The van der Waals surface area contributed by atoms with E-state index in [4.69, 9.17) is 14.7 Å². The first kappa shape index (κ1) is 18.1. The van der Waals surface area contributed by atoms with Crippen LogP contribution in [-0.2, 0) is 22.6 Å². The van der Waals surface area contributed by atoms with Crippen molar-refractivity contribution < 1.29 is 19.0 Å². The van der Waals surface area contributed by atoms with Gasteiger partial charge in [-0.3, -0.25) is 4.57 Å². The van der Waals surface area contributed by atoms with Gasteiger partial charge in [-0.2, -0.15) is 9.94 Å². The molecule has 3 rings (SSSR count). The maximum absolute atomic E-state index is 14.3. The highest BCUT2D eigenvalue weighted by molar-refractivity contribution is 5.50. The number of rotatable bonds is 5. The van der Waals surface area contributed by atoms with Crippen LogP contribution < -0.4 is 5.69 Å². The second-order valence-electron chi connectivity index (χ2n) is 5.89. The van der Waals surface area contributed by atoms with E-state index in [0.29, 0.717) is 19.0 Å². The van der Waals surface area contributed by atoms with Crippen molar-refractivity contribution in [2.45, 2.75) is 45.6 Å². The Kier molecular flexibility index (Phi) is 5.35. The Balaban J connectivity index is 1.92. The van der Waals surface area contributed by atoms with Crippen LogP contribution in [0.2, 0.25) is 0 Å². The van der Waals surface area contributed by atoms with Crippen molar-refractivity contribution in [1.82, 2.24) is 14.3 Å². The molecule has 9 heteroatoms. The Labute approximate surface area is 149 Å². The highest BCUT2D eigenvalue weighted by atomic mass is 19.1. The molecule has 8 nitrogen and oxygen atoms in total. The number of nitrogens with zero attached hydrogens (tertiary/aromatic N) is 4. The van der Waals surface area contributed by atoms with Crippen molar-refractivity contribution in [2.24, 2.45) is 0 Å². The molecule has 0 radical (unpaired) electrons. The van der Waals surface area contributed by atoms with Gasteiger partial charge in [-0.1, -0.05) is 0 Å². The minimum atomic E-state index is -0.828. The van der Waals surface area contributed by atoms with Crippen LogP contribution in [0.4, 0.5) is 4.39 Å². The molecule has 0 aliphatic carbocycles. The molecule has 1 atom stereocenters. The van der Waals surface area contributed by atoms with Crippen molar-refractivity contribution in [2.75, 3.05) is 6.61 Å². The molecule has 26 heavy (non-hydrogen) atoms. The van der Waals surface area contributed by atoms with Crippen LogP contribution in [-0.4, -0.2) is 32.4 Å². The van der Waals surface area contributed by atoms with Gasteiger partial charge >= 0.3 is 5.69 Å². The quantitative estimate of drug-likeness (QED) is 0.870. The standard InChI is InChI=1S/C17H19FN4O4/c1-2-21-15(10-26-16-5-3-4-6-25-16)20-22(17(21)24)13-8-14(23)11(9-19)7-12(13)18/h7-8,16,23H,2-6,10H2,1H3. The zero-order valence-corrected chi connectivity index (χ0v) is 14.3. The molecule has 0 amide bonds. The zero-order valence-electron chi connectivity index (χ0n) is 14.3. The lowest BCUT2D eigenvalue weighted by molar-refractivity contribution is -0.170. The zero-order chi connectivity index (χ0) is 18.7. The number of benzene rings is 1. The van der Waals surface area contributed by atoms with E-state index < -0.39 is 17.3 Å². The number of aromatic nitrogens is 3. The van der Waals surface area contributed by atoms with Crippen molar-refractivity contribution in [3.63, 3.8) is 0 Å². The minimum Gasteiger partial charge on any atom is -0.506 e. The van der Waals surface area contributed by atoms with Gasteiger partial charge in [0.05, 0.1) is 5.56 Å². The Morgan fingerprint density at radius 3 is 2.96 bits per heavy atom. The monoisotopic (exact) mass is 362 g/mol. The number of nitriles is 1. The Hall–Kier alpha value is -2.70. The molecule has 138 valence electrons. The van der Waals surface area contributed by atoms with Gasteiger partial charge in [-0.05, 0) is 32.3 Å². The maximum Gasteiger partial charge on any atom is 0.350 e. The summed E-state index contributed by atoms with van der Waals surface area (Å²) in [5, 5.41) is 22.8.